The van der Waals surface area contributed by atoms with Crippen LogP contribution in [0.5, 0.6) is 0 Å². The third kappa shape index (κ3) is 3.90. The summed E-state index contributed by atoms with van der Waals surface area (Å²) in [5.41, 5.74) is 7.93. The number of carbonyl (C=O) groups is 1. The summed E-state index contributed by atoms with van der Waals surface area (Å²) in [5.74, 6) is -0.291. The van der Waals surface area contributed by atoms with Crippen molar-refractivity contribution in [2.45, 2.75) is 51.5 Å². The van der Waals surface area contributed by atoms with Crippen LogP contribution >= 0.6 is 0 Å². The lowest BCUT2D eigenvalue weighted by Gasteiger charge is -2.30. The van der Waals surface area contributed by atoms with E-state index in [1.807, 2.05) is 19.1 Å². The van der Waals surface area contributed by atoms with Crippen molar-refractivity contribution < 1.29 is 9.53 Å². The Labute approximate surface area is 127 Å². The molecule has 0 unspecified atom stereocenters. The predicted molar refractivity (Wildman–Crippen MR) is 86.7 cm³/mol. The van der Waals surface area contributed by atoms with Gasteiger partial charge in [-0.2, -0.15) is 0 Å². The average molecular weight is 290 g/mol. The SMILES string of the molecule is CCOC(=O)c1cc(N)ccc1N(C)C1CCCCCC1. The van der Waals surface area contributed by atoms with E-state index >= 15 is 0 Å². The Bertz CT molecular complexity index is 480. The third-order valence-corrected chi connectivity index (χ3v) is 4.27. The molecule has 0 spiro atoms. The molecule has 0 bridgehead atoms. The van der Waals surface area contributed by atoms with Crippen LogP contribution in [-0.4, -0.2) is 25.7 Å². The van der Waals surface area contributed by atoms with E-state index in [-0.39, 0.29) is 5.97 Å². The summed E-state index contributed by atoms with van der Waals surface area (Å²) < 4.78 is 5.16. The van der Waals surface area contributed by atoms with Gasteiger partial charge in [-0.25, -0.2) is 4.79 Å². The van der Waals surface area contributed by atoms with Crippen molar-refractivity contribution in [2.24, 2.45) is 0 Å². The minimum absolute atomic E-state index is 0.291. The molecule has 1 fully saturated rings. The predicted octanol–water partition coefficient (Wildman–Crippen LogP) is 3.60. The minimum atomic E-state index is -0.291. The van der Waals surface area contributed by atoms with Crippen molar-refractivity contribution >= 4 is 17.3 Å². The maximum atomic E-state index is 12.2. The van der Waals surface area contributed by atoms with E-state index in [4.69, 9.17) is 10.5 Å². The minimum Gasteiger partial charge on any atom is -0.462 e. The van der Waals surface area contributed by atoms with Gasteiger partial charge in [0.15, 0.2) is 0 Å². The maximum Gasteiger partial charge on any atom is 0.340 e. The zero-order chi connectivity index (χ0) is 15.2. The van der Waals surface area contributed by atoms with Crippen LogP contribution in [0.3, 0.4) is 0 Å². The van der Waals surface area contributed by atoms with Crippen molar-refractivity contribution in [1.29, 1.82) is 0 Å². The van der Waals surface area contributed by atoms with Crippen LogP contribution in [0.4, 0.5) is 11.4 Å². The zero-order valence-electron chi connectivity index (χ0n) is 13.1. The first-order valence-corrected chi connectivity index (χ1v) is 7.93. The van der Waals surface area contributed by atoms with Crippen LogP contribution in [-0.2, 0) is 4.74 Å². The van der Waals surface area contributed by atoms with Gasteiger partial charge in [0.25, 0.3) is 0 Å². The molecule has 116 valence electrons. The molecule has 1 aliphatic carbocycles. The highest BCUT2D eigenvalue weighted by Crippen LogP contribution is 2.29. The summed E-state index contributed by atoms with van der Waals surface area (Å²) in [6, 6.07) is 6.00. The Kier molecular flexibility index (Phi) is 5.48. The van der Waals surface area contributed by atoms with Crippen LogP contribution in [0.2, 0.25) is 0 Å². The number of benzene rings is 1. The number of esters is 1. The second-order valence-electron chi connectivity index (χ2n) is 5.75. The lowest BCUT2D eigenvalue weighted by molar-refractivity contribution is 0.0527. The molecule has 0 radical (unpaired) electrons. The van der Waals surface area contributed by atoms with Gasteiger partial charge in [-0.05, 0) is 38.0 Å². The number of carbonyl (C=O) groups excluding carboxylic acids is 1. The highest BCUT2D eigenvalue weighted by molar-refractivity contribution is 5.97. The quantitative estimate of drug-likeness (QED) is 0.523. The molecule has 1 aliphatic rings. The molecule has 2 N–H and O–H groups in total. The summed E-state index contributed by atoms with van der Waals surface area (Å²) in [6.45, 7) is 2.19. The number of nitrogens with two attached hydrogens (primary N) is 1. The molecule has 0 heterocycles. The monoisotopic (exact) mass is 290 g/mol. The topological polar surface area (TPSA) is 55.6 Å². The molecule has 1 saturated carbocycles. The normalized spacial score (nSPS) is 16.3. The van der Waals surface area contributed by atoms with Crippen LogP contribution in [0.15, 0.2) is 18.2 Å². The molecule has 0 aliphatic heterocycles. The van der Waals surface area contributed by atoms with Crippen LogP contribution in [0, 0.1) is 0 Å². The van der Waals surface area contributed by atoms with Gasteiger partial charge in [0, 0.05) is 18.8 Å². The maximum absolute atomic E-state index is 12.2. The number of ether oxygens (including phenoxy) is 1. The lowest BCUT2D eigenvalue weighted by atomic mass is 10.0. The highest BCUT2D eigenvalue weighted by atomic mass is 16.5. The average Bonchev–Trinajstić information content (AvgIpc) is 2.76. The first-order chi connectivity index (χ1) is 10.1. The largest absolute Gasteiger partial charge is 0.462 e. The Morgan fingerprint density at radius 2 is 1.95 bits per heavy atom. The van der Waals surface area contributed by atoms with Gasteiger partial charge in [-0.3, -0.25) is 0 Å². The van der Waals surface area contributed by atoms with Gasteiger partial charge >= 0.3 is 5.97 Å². The van der Waals surface area contributed by atoms with E-state index in [0.717, 1.165) is 5.69 Å². The smallest absolute Gasteiger partial charge is 0.340 e. The standard InChI is InChI=1S/C17H26N2O2/c1-3-21-17(20)15-12-13(18)10-11-16(15)19(2)14-8-6-4-5-7-9-14/h10-12,14H,3-9,18H2,1-2H3. The van der Waals surface area contributed by atoms with E-state index in [1.165, 1.54) is 38.5 Å². The first-order valence-electron chi connectivity index (χ1n) is 7.93. The number of hydrogen-bond acceptors (Lipinski definition) is 4. The van der Waals surface area contributed by atoms with Gasteiger partial charge in [0.1, 0.15) is 0 Å². The summed E-state index contributed by atoms with van der Waals surface area (Å²) in [7, 11) is 2.07. The number of anilines is 2. The van der Waals surface area contributed by atoms with Crippen molar-refractivity contribution in [3.8, 4) is 0 Å². The number of nitrogens with zero attached hydrogens (tertiary/aromatic N) is 1. The molecule has 1 aromatic rings. The zero-order valence-corrected chi connectivity index (χ0v) is 13.1. The van der Waals surface area contributed by atoms with E-state index in [0.29, 0.717) is 23.9 Å². The first kappa shape index (κ1) is 15.7. The fourth-order valence-electron chi connectivity index (χ4n) is 3.08. The van der Waals surface area contributed by atoms with Gasteiger partial charge in [0.2, 0.25) is 0 Å². The molecule has 1 aromatic carbocycles. The summed E-state index contributed by atoms with van der Waals surface area (Å²) in [4.78, 5) is 14.4. The van der Waals surface area contributed by atoms with Crippen LogP contribution < -0.4 is 10.6 Å². The molecule has 4 nitrogen and oxygen atoms in total. The third-order valence-electron chi connectivity index (χ3n) is 4.27. The van der Waals surface area contributed by atoms with Crippen molar-refractivity contribution in [3.63, 3.8) is 0 Å². The van der Waals surface area contributed by atoms with Gasteiger partial charge in [0.05, 0.1) is 17.9 Å². The van der Waals surface area contributed by atoms with Gasteiger partial charge in [-0.15, -0.1) is 0 Å². The fraction of sp³-hybridized carbons (Fsp3) is 0.588. The molecule has 21 heavy (non-hydrogen) atoms. The summed E-state index contributed by atoms with van der Waals surface area (Å²) in [5, 5.41) is 0. The Morgan fingerprint density at radius 1 is 1.29 bits per heavy atom. The van der Waals surface area contributed by atoms with Gasteiger partial charge < -0.3 is 15.4 Å². The number of nitrogen functional groups attached to an aromatic ring is 1. The van der Waals surface area contributed by atoms with Crippen LogP contribution in [0.1, 0.15) is 55.8 Å². The summed E-state index contributed by atoms with van der Waals surface area (Å²) >= 11 is 0. The number of hydrogen-bond donors (Lipinski definition) is 1. The molecule has 0 aromatic heterocycles. The molecular formula is C17H26N2O2. The lowest BCUT2D eigenvalue weighted by Crippen LogP contribution is -2.32. The van der Waals surface area contributed by atoms with E-state index in [1.54, 1.807) is 6.07 Å². The Hall–Kier alpha value is -1.71. The molecule has 4 heteroatoms. The molecule has 2 rings (SSSR count). The second-order valence-corrected chi connectivity index (χ2v) is 5.75. The fourth-order valence-corrected chi connectivity index (χ4v) is 3.08. The molecule has 0 atom stereocenters. The van der Waals surface area contributed by atoms with Crippen molar-refractivity contribution in [1.82, 2.24) is 0 Å². The van der Waals surface area contributed by atoms with E-state index < -0.39 is 0 Å². The summed E-state index contributed by atoms with van der Waals surface area (Å²) in [6.07, 6.45) is 7.53. The molecular weight excluding hydrogens is 264 g/mol. The van der Waals surface area contributed by atoms with E-state index in [2.05, 4.69) is 11.9 Å². The molecule has 0 saturated heterocycles. The highest BCUT2D eigenvalue weighted by Gasteiger charge is 2.22. The van der Waals surface area contributed by atoms with Crippen LogP contribution in [0.25, 0.3) is 0 Å². The van der Waals surface area contributed by atoms with Gasteiger partial charge in [-0.1, -0.05) is 25.7 Å². The number of rotatable bonds is 4. The van der Waals surface area contributed by atoms with Crippen molar-refractivity contribution in [3.05, 3.63) is 23.8 Å². The second kappa shape index (κ2) is 7.34. The van der Waals surface area contributed by atoms with E-state index in [9.17, 15) is 4.79 Å². The Morgan fingerprint density at radius 3 is 2.57 bits per heavy atom. The van der Waals surface area contributed by atoms with Crippen molar-refractivity contribution in [2.75, 3.05) is 24.3 Å². The molecule has 0 amide bonds. The Balaban J connectivity index is 2.26.